The fourth-order valence-corrected chi connectivity index (χ4v) is 2.76. The van der Waals surface area contributed by atoms with Crippen LogP contribution in [-0.4, -0.2) is 43.8 Å². The summed E-state index contributed by atoms with van der Waals surface area (Å²) in [6.45, 7) is 6.73. The van der Waals surface area contributed by atoms with Crippen LogP contribution in [0, 0.1) is 0 Å². The van der Waals surface area contributed by atoms with Crippen LogP contribution in [0.25, 0.3) is 11.2 Å². The zero-order valence-electron chi connectivity index (χ0n) is 11.2. The average Bonchev–Trinajstić information content (AvgIpc) is 2.95. The third-order valence-electron chi connectivity index (χ3n) is 3.82. The van der Waals surface area contributed by atoms with Gasteiger partial charge in [-0.1, -0.05) is 0 Å². The van der Waals surface area contributed by atoms with E-state index >= 15 is 0 Å². The summed E-state index contributed by atoms with van der Waals surface area (Å²) < 4.78 is 1.84. The summed E-state index contributed by atoms with van der Waals surface area (Å²) in [6.07, 6.45) is 4.65. The smallest absolute Gasteiger partial charge is 0.176 e. The lowest BCUT2D eigenvalue weighted by molar-refractivity contribution is 0.272. The Hall–Kier alpha value is -1.49. The van der Waals surface area contributed by atoms with E-state index in [2.05, 4.69) is 33.8 Å². The molecule has 0 radical (unpaired) electrons. The highest BCUT2D eigenvalue weighted by Gasteiger charge is 2.29. The molecule has 1 aliphatic rings. The number of nitrogens with zero attached hydrogens (tertiary/aromatic N) is 5. The Balaban J connectivity index is 1.96. The highest BCUT2D eigenvalue weighted by atomic mass is 15.3. The summed E-state index contributed by atoms with van der Waals surface area (Å²) in [5.41, 5.74) is 2.97. The van der Waals surface area contributed by atoms with Crippen molar-refractivity contribution >= 4 is 11.2 Å². The molecule has 2 aromatic rings. The lowest BCUT2D eigenvalue weighted by Crippen LogP contribution is -2.27. The van der Waals surface area contributed by atoms with E-state index in [0.717, 1.165) is 29.9 Å². The lowest BCUT2D eigenvalue weighted by Gasteiger charge is -2.19. The molecule has 0 aromatic carbocycles. The molecule has 96 valence electrons. The Bertz CT molecular complexity index is 560. The van der Waals surface area contributed by atoms with Crippen molar-refractivity contribution in [2.24, 2.45) is 7.05 Å². The minimum Gasteiger partial charge on any atom is -0.300 e. The van der Waals surface area contributed by atoms with Gasteiger partial charge >= 0.3 is 0 Å². The highest BCUT2D eigenvalue weighted by Crippen LogP contribution is 2.30. The minimum absolute atomic E-state index is 0.493. The molecule has 1 fully saturated rings. The minimum atomic E-state index is 0.493. The third-order valence-corrected chi connectivity index (χ3v) is 3.82. The van der Waals surface area contributed by atoms with Gasteiger partial charge in [-0.2, -0.15) is 5.10 Å². The van der Waals surface area contributed by atoms with Crippen LogP contribution in [0.3, 0.4) is 0 Å². The first-order chi connectivity index (χ1) is 8.66. The van der Waals surface area contributed by atoms with Gasteiger partial charge in [-0.15, -0.1) is 0 Å². The van der Waals surface area contributed by atoms with Gasteiger partial charge in [0.1, 0.15) is 5.52 Å². The molecule has 0 spiro atoms. The van der Waals surface area contributed by atoms with E-state index in [1.54, 1.807) is 12.4 Å². The molecule has 5 nitrogen and oxygen atoms in total. The molecule has 3 rings (SSSR count). The van der Waals surface area contributed by atoms with E-state index in [4.69, 9.17) is 0 Å². The highest BCUT2D eigenvalue weighted by molar-refractivity contribution is 5.73. The molecule has 5 heteroatoms. The molecule has 2 aromatic heterocycles. The molecular formula is C13H19N5. The molecule has 0 aliphatic carbocycles. The number of hydrogen-bond donors (Lipinski definition) is 0. The molecule has 0 N–H and O–H groups in total. The fraction of sp³-hybridized carbons (Fsp3) is 0.615. The van der Waals surface area contributed by atoms with Crippen LogP contribution in [0.1, 0.15) is 31.9 Å². The van der Waals surface area contributed by atoms with Gasteiger partial charge in [-0.3, -0.25) is 0 Å². The monoisotopic (exact) mass is 245 g/mol. The molecule has 18 heavy (non-hydrogen) atoms. The van der Waals surface area contributed by atoms with Crippen molar-refractivity contribution in [1.29, 1.82) is 0 Å². The molecule has 0 amide bonds. The second kappa shape index (κ2) is 4.31. The summed E-state index contributed by atoms with van der Waals surface area (Å²) in [5.74, 6) is 0.493. The maximum atomic E-state index is 4.63. The van der Waals surface area contributed by atoms with Gasteiger partial charge in [-0.05, 0) is 26.8 Å². The van der Waals surface area contributed by atoms with E-state index in [1.165, 1.54) is 6.42 Å². The predicted molar refractivity (Wildman–Crippen MR) is 70.4 cm³/mol. The Labute approximate surface area is 107 Å². The molecule has 0 saturated carbocycles. The summed E-state index contributed by atoms with van der Waals surface area (Å²) in [4.78, 5) is 11.3. The maximum absolute atomic E-state index is 4.63. The Morgan fingerprint density at radius 3 is 2.78 bits per heavy atom. The summed E-state index contributed by atoms with van der Waals surface area (Å²) in [6, 6.07) is 0.607. The van der Waals surface area contributed by atoms with E-state index in [9.17, 15) is 0 Å². The van der Waals surface area contributed by atoms with Crippen LogP contribution in [0.15, 0.2) is 12.4 Å². The summed E-state index contributed by atoms with van der Waals surface area (Å²) in [5, 5.41) is 4.63. The Kier molecular flexibility index (Phi) is 2.78. The first kappa shape index (κ1) is 11.6. The van der Waals surface area contributed by atoms with E-state index in [1.807, 2.05) is 11.7 Å². The van der Waals surface area contributed by atoms with Gasteiger partial charge in [-0.25, -0.2) is 14.6 Å². The number of hydrogen-bond acceptors (Lipinski definition) is 4. The van der Waals surface area contributed by atoms with Gasteiger partial charge in [0, 0.05) is 37.9 Å². The van der Waals surface area contributed by atoms with Crippen molar-refractivity contribution in [3.05, 3.63) is 18.1 Å². The van der Waals surface area contributed by atoms with E-state index in [-0.39, 0.29) is 0 Å². The number of fused-ring (bicyclic) bond motifs is 1. The van der Waals surface area contributed by atoms with Crippen LogP contribution in [0.4, 0.5) is 0 Å². The van der Waals surface area contributed by atoms with Gasteiger partial charge in [0.05, 0.1) is 5.69 Å². The topological polar surface area (TPSA) is 46.8 Å². The van der Waals surface area contributed by atoms with Crippen molar-refractivity contribution < 1.29 is 0 Å². The average molecular weight is 245 g/mol. The number of rotatable bonds is 2. The van der Waals surface area contributed by atoms with Gasteiger partial charge in [0.25, 0.3) is 0 Å². The van der Waals surface area contributed by atoms with Gasteiger partial charge in [0.15, 0.2) is 5.65 Å². The zero-order valence-corrected chi connectivity index (χ0v) is 11.2. The van der Waals surface area contributed by atoms with Crippen LogP contribution in [0.5, 0.6) is 0 Å². The van der Waals surface area contributed by atoms with E-state index < -0.39 is 0 Å². The quantitative estimate of drug-likeness (QED) is 0.805. The van der Waals surface area contributed by atoms with E-state index in [0.29, 0.717) is 12.0 Å². The van der Waals surface area contributed by atoms with Crippen molar-refractivity contribution in [2.75, 3.05) is 13.1 Å². The predicted octanol–water partition coefficient (Wildman–Crippen LogP) is 1.56. The van der Waals surface area contributed by atoms with Crippen LogP contribution >= 0.6 is 0 Å². The second-order valence-electron chi connectivity index (χ2n) is 5.31. The lowest BCUT2D eigenvalue weighted by atomic mass is 10.0. The second-order valence-corrected chi connectivity index (χ2v) is 5.31. The summed E-state index contributed by atoms with van der Waals surface area (Å²) in [7, 11) is 1.94. The molecule has 1 atom stereocenters. The van der Waals surface area contributed by atoms with Gasteiger partial charge in [0.2, 0.25) is 0 Å². The molecule has 1 aliphatic heterocycles. The van der Waals surface area contributed by atoms with Gasteiger partial charge < -0.3 is 4.90 Å². The molecule has 3 heterocycles. The first-order valence-electron chi connectivity index (χ1n) is 6.54. The Morgan fingerprint density at radius 1 is 1.28 bits per heavy atom. The molecule has 1 saturated heterocycles. The molecule has 1 unspecified atom stereocenters. The third kappa shape index (κ3) is 1.79. The molecular weight excluding hydrogens is 226 g/mol. The van der Waals surface area contributed by atoms with Crippen molar-refractivity contribution in [1.82, 2.24) is 24.6 Å². The van der Waals surface area contributed by atoms with Crippen LogP contribution in [0.2, 0.25) is 0 Å². The number of aromatic nitrogens is 4. The van der Waals surface area contributed by atoms with Crippen LogP contribution < -0.4 is 0 Å². The number of likely N-dealkylation sites (tertiary alicyclic amines) is 1. The summed E-state index contributed by atoms with van der Waals surface area (Å²) >= 11 is 0. The Morgan fingerprint density at radius 2 is 2.06 bits per heavy atom. The molecule has 0 bridgehead atoms. The van der Waals surface area contributed by atoms with Crippen molar-refractivity contribution in [3.8, 4) is 0 Å². The first-order valence-corrected chi connectivity index (χ1v) is 6.54. The number of aryl methyl sites for hydroxylation is 1. The maximum Gasteiger partial charge on any atom is 0.176 e. The van der Waals surface area contributed by atoms with Crippen molar-refractivity contribution in [2.45, 2.75) is 32.2 Å². The fourth-order valence-electron chi connectivity index (χ4n) is 2.76. The zero-order chi connectivity index (χ0) is 12.7. The van der Waals surface area contributed by atoms with Crippen LogP contribution in [-0.2, 0) is 7.05 Å². The normalized spacial score (nSPS) is 21.2. The SMILES string of the molecule is CC(C)N1CCC(c2nn(C)c3nccnc23)C1. The largest absolute Gasteiger partial charge is 0.300 e. The standard InChI is InChI=1S/C13H19N5/c1-9(2)18-7-4-10(8-18)11-12-13(17(3)16-11)15-6-5-14-12/h5-6,9-10H,4,7-8H2,1-3H3. The van der Waals surface area contributed by atoms with Crippen molar-refractivity contribution in [3.63, 3.8) is 0 Å².